The SMILES string of the molecule is CC(C)c1ccc(C(C2CC2)N2CCCNCC2)cc1. The summed E-state index contributed by atoms with van der Waals surface area (Å²) < 4.78 is 0. The summed E-state index contributed by atoms with van der Waals surface area (Å²) in [5, 5.41) is 3.53. The molecule has 110 valence electrons. The van der Waals surface area contributed by atoms with Gasteiger partial charge in [0.1, 0.15) is 0 Å². The number of nitrogens with zero attached hydrogens (tertiary/aromatic N) is 1. The molecule has 0 spiro atoms. The summed E-state index contributed by atoms with van der Waals surface area (Å²) in [4.78, 5) is 2.72. The van der Waals surface area contributed by atoms with Gasteiger partial charge in [-0.2, -0.15) is 0 Å². The fourth-order valence-corrected chi connectivity index (χ4v) is 3.42. The van der Waals surface area contributed by atoms with Crippen LogP contribution in [-0.4, -0.2) is 31.1 Å². The molecule has 2 fully saturated rings. The number of hydrogen-bond donors (Lipinski definition) is 1. The maximum Gasteiger partial charge on any atom is 0.0376 e. The van der Waals surface area contributed by atoms with Crippen LogP contribution in [0.4, 0.5) is 0 Å². The first-order valence-electron chi connectivity index (χ1n) is 8.30. The van der Waals surface area contributed by atoms with Crippen molar-refractivity contribution in [2.24, 2.45) is 5.92 Å². The molecule has 2 heteroatoms. The molecule has 0 amide bonds. The van der Waals surface area contributed by atoms with Gasteiger partial charge in [-0.05, 0) is 48.8 Å². The second-order valence-electron chi connectivity index (χ2n) is 6.74. The third-order valence-electron chi connectivity index (χ3n) is 4.78. The van der Waals surface area contributed by atoms with Gasteiger partial charge in [0, 0.05) is 25.7 Å². The molecule has 0 radical (unpaired) electrons. The molecule has 1 atom stereocenters. The predicted octanol–water partition coefficient (Wildman–Crippen LogP) is 3.56. The van der Waals surface area contributed by atoms with E-state index in [1.165, 1.54) is 44.5 Å². The van der Waals surface area contributed by atoms with Gasteiger partial charge in [-0.25, -0.2) is 0 Å². The average Bonchev–Trinajstić information content (AvgIpc) is 3.27. The molecule has 0 bridgehead atoms. The van der Waals surface area contributed by atoms with Crippen LogP contribution in [-0.2, 0) is 0 Å². The van der Waals surface area contributed by atoms with Crippen molar-refractivity contribution >= 4 is 0 Å². The Labute approximate surface area is 123 Å². The molecule has 1 aromatic rings. The Balaban J connectivity index is 1.78. The van der Waals surface area contributed by atoms with Crippen LogP contribution in [0.2, 0.25) is 0 Å². The van der Waals surface area contributed by atoms with E-state index < -0.39 is 0 Å². The molecule has 1 unspecified atom stereocenters. The van der Waals surface area contributed by atoms with Crippen LogP contribution in [0.3, 0.4) is 0 Å². The van der Waals surface area contributed by atoms with Crippen molar-refractivity contribution in [3.05, 3.63) is 35.4 Å². The summed E-state index contributed by atoms with van der Waals surface area (Å²) >= 11 is 0. The summed E-state index contributed by atoms with van der Waals surface area (Å²) in [6.07, 6.45) is 4.12. The van der Waals surface area contributed by atoms with Gasteiger partial charge in [0.25, 0.3) is 0 Å². The highest BCUT2D eigenvalue weighted by Crippen LogP contribution is 2.44. The highest BCUT2D eigenvalue weighted by Gasteiger charge is 2.36. The minimum atomic E-state index is 0.630. The third kappa shape index (κ3) is 3.24. The van der Waals surface area contributed by atoms with E-state index in [-0.39, 0.29) is 0 Å². The zero-order valence-electron chi connectivity index (χ0n) is 12.9. The lowest BCUT2D eigenvalue weighted by Crippen LogP contribution is -2.33. The smallest absolute Gasteiger partial charge is 0.0376 e. The van der Waals surface area contributed by atoms with Crippen molar-refractivity contribution in [3.63, 3.8) is 0 Å². The molecule has 1 N–H and O–H groups in total. The van der Waals surface area contributed by atoms with Gasteiger partial charge in [0.15, 0.2) is 0 Å². The van der Waals surface area contributed by atoms with Crippen LogP contribution in [0, 0.1) is 5.92 Å². The van der Waals surface area contributed by atoms with Crippen LogP contribution in [0.1, 0.15) is 56.2 Å². The van der Waals surface area contributed by atoms with Crippen molar-refractivity contribution in [1.29, 1.82) is 0 Å². The zero-order chi connectivity index (χ0) is 13.9. The van der Waals surface area contributed by atoms with E-state index in [2.05, 4.69) is 48.3 Å². The topological polar surface area (TPSA) is 15.3 Å². The van der Waals surface area contributed by atoms with Crippen LogP contribution in [0.25, 0.3) is 0 Å². The van der Waals surface area contributed by atoms with Gasteiger partial charge in [-0.3, -0.25) is 4.90 Å². The highest BCUT2D eigenvalue weighted by molar-refractivity contribution is 5.28. The van der Waals surface area contributed by atoms with Crippen molar-refractivity contribution < 1.29 is 0 Å². The molecule has 3 rings (SSSR count). The highest BCUT2D eigenvalue weighted by atomic mass is 15.2. The summed E-state index contributed by atoms with van der Waals surface area (Å²) in [5.41, 5.74) is 3.00. The lowest BCUT2D eigenvalue weighted by Gasteiger charge is -2.31. The quantitative estimate of drug-likeness (QED) is 0.901. The van der Waals surface area contributed by atoms with E-state index in [1.807, 2.05) is 0 Å². The number of hydrogen-bond acceptors (Lipinski definition) is 2. The summed E-state index contributed by atoms with van der Waals surface area (Å²) in [7, 11) is 0. The van der Waals surface area contributed by atoms with Gasteiger partial charge in [-0.15, -0.1) is 0 Å². The van der Waals surface area contributed by atoms with Crippen LogP contribution in [0.5, 0.6) is 0 Å². The predicted molar refractivity (Wildman–Crippen MR) is 85.1 cm³/mol. The van der Waals surface area contributed by atoms with Crippen molar-refractivity contribution in [3.8, 4) is 0 Å². The molecule has 1 aliphatic heterocycles. The zero-order valence-corrected chi connectivity index (χ0v) is 12.9. The number of rotatable bonds is 4. The molecule has 0 aromatic heterocycles. The average molecular weight is 272 g/mol. The van der Waals surface area contributed by atoms with Gasteiger partial charge in [0.2, 0.25) is 0 Å². The minimum Gasteiger partial charge on any atom is -0.315 e. The molecular weight excluding hydrogens is 244 g/mol. The molecule has 20 heavy (non-hydrogen) atoms. The van der Waals surface area contributed by atoms with Crippen molar-refractivity contribution in [2.45, 2.75) is 45.1 Å². The van der Waals surface area contributed by atoms with E-state index in [4.69, 9.17) is 0 Å². The van der Waals surface area contributed by atoms with E-state index >= 15 is 0 Å². The standard InChI is InChI=1S/C18H28N2/c1-14(2)15-4-6-16(7-5-15)18(17-8-9-17)20-12-3-10-19-11-13-20/h4-7,14,17-19H,3,8-13H2,1-2H3. The van der Waals surface area contributed by atoms with Crippen LogP contribution >= 0.6 is 0 Å². The Bertz CT molecular complexity index is 412. The first kappa shape index (κ1) is 14.1. The maximum absolute atomic E-state index is 3.53. The molecule has 2 nitrogen and oxygen atoms in total. The number of nitrogens with one attached hydrogen (secondary N) is 1. The Morgan fingerprint density at radius 1 is 1.00 bits per heavy atom. The lowest BCUT2D eigenvalue weighted by atomic mass is 9.96. The fourth-order valence-electron chi connectivity index (χ4n) is 3.42. The Morgan fingerprint density at radius 3 is 2.35 bits per heavy atom. The monoisotopic (exact) mass is 272 g/mol. The molecule has 1 saturated carbocycles. The maximum atomic E-state index is 3.53. The van der Waals surface area contributed by atoms with E-state index in [0.29, 0.717) is 12.0 Å². The van der Waals surface area contributed by atoms with E-state index in [1.54, 1.807) is 5.56 Å². The van der Waals surface area contributed by atoms with Gasteiger partial charge >= 0.3 is 0 Å². The minimum absolute atomic E-state index is 0.630. The van der Waals surface area contributed by atoms with Crippen LogP contribution < -0.4 is 5.32 Å². The third-order valence-corrected chi connectivity index (χ3v) is 4.78. The normalized spacial score (nSPS) is 22.8. The molecule has 2 aliphatic rings. The summed E-state index contributed by atoms with van der Waals surface area (Å²) in [6.45, 7) is 9.32. The Hall–Kier alpha value is -0.860. The molecule has 1 aromatic carbocycles. The Kier molecular flexibility index (Phi) is 4.42. The molecular formula is C18H28N2. The summed E-state index contributed by atoms with van der Waals surface area (Å²) in [6, 6.07) is 10.1. The van der Waals surface area contributed by atoms with Gasteiger partial charge in [-0.1, -0.05) is 38.1 Å². The first-order chi connectivity index (χ1) is 9.75. The molecule has 1 aliphatic carbocycles. The second-order valence-corrected chi connectivity index (χ2v) is 6.74. The lowest BCUT2D eigenvalue weighted by molar-refractivity contribution is 0.189. The first-order valence-corrected chi connectivity index (χ1v) is 8.30. The fraction of sp³-hybridized carbons (Fsp3) is 0.667. The van der Waals surface area contributed by atoms with Crippen molar-refractivity contribution in [1.82, 2.24) is 10.2 Å². The van der Waals surface area contributed by atoms with E-state index in [9.17, 15) is 0 Å². The largest absolute Gasteiger partial charge is 0.315 e. The van der Waals surface area contributed by atoms with Gasteiger partial charge in [0.05, 0.1) is 0 Å². The van der Waals surface area contributed by atoms with Crippen molar-refractivity contribution in [2.75, 3.05) is 26.2 Å². The molecule has 1 heterocycles. The van der Waals surface area contributed by atoms with Crippen LogP contribution in [0.15, 0.2) is 24.3 Å². The van der Waals surface area contributed by atoms with E-state index in [0.717, 1.165) is 12.5 Å². The van der Waals surface area contributed by atoms with Gasteiger partial charge < -0.3 is 5.32 Å². The Morgan fingerprint density at radius 2 is 1.70 bits per heavy atom. The summed E-state index contributed by atoms with van der Waals surface area (Å²) in [5.74, 6) is 1.53. The second kappa shape index (κ2) is 6.28. The molecule has 1 saturated heterocycles. The number of benzene rings is 1.